The highest BCUT2D eigenvalue weighted by molar-refractivity contribution is 7.22. The second-order valence-corrected chi connectivity index (χ2v) is 8.50. The molecule has 1 saturated heterocycles. The lowest BCUT2D eigenvalue weighted by Crippen LogP contribution is -2.39. The van der Waals surface area contributed by atoms with Crippen molar-refractivity contribution < 1.29 is 4.79 Å². The fourth-order valence-corrected chi connectivity index (χ4v) is 4.92. The van der Waals surface area contributed by atoms with Crippen LogP contribution in [0.5, 0.6) is 0 Å². The van der Waals surface area contributed by atoms with Crippen LogP contribution in [-0.4, -0.2) is 33.9 Å². The van der Waals surface area contributed by atoms with Gasteiger partial charge < -0.3 is 10.6 Å². The molecule has 0 radical (unpaired) electrons. The standard InChI is InChI=1S/C23H21N5OS/c24-20(29)16-8-11-28(12-9-16)22-18-13-19(15-5-2-1-3-6-15)30-23(18)27-21(26-22)17-7-4-10-25-14-17/h1-7,10,13-14,16H,8-9,11-12H2,(H2,24,29). The number of rotatable bonds is 4. The van der Waals surface area contributed by atoms with Crippen LogP contribution in [0.1, 0.15) is 12.8 Å². The first-order valence-electron chi connectivity index (χ1n) is 10.0. The SMILES string of the molecule is NC(=O)C1CCN(c2nc(-c3cccnc3)nc3sc(-c4ccccc4)cc23)CC1. The number of carbonyl (C=O) groups excluding carboxylic acids is 1. The van der Waals surface area contributed by atoms with Gasteiger partial charge in [-0.3, -0.25) is 9.78 Å². The number of primary amides is 1. The fourth-order valence-electron chi connectivity index (χ4n) is 3.89. The van der Waals surface area contributed by atoms with Gasteiger partial charge in [0.05, 0.1) is 5.39 Å². The first-order chi connectivity index (χ1) is 14.7. The molecule has 7 heteroatoms. The number of piperidine rings is 1. The van der Waals surface area contributed by atoms with Crippen LogP contribution in [0.15, 0.2) is 60.9 Å². The normalized spacial score (nSPS) is 14.9. The Balaban J connectivity index is 1.61. The van der Waals surface area contributed by atoms with E-state index in [9.17, 15) is 4.79 Å². The summed E-state index contributed by atoms with van der Waals surface area (Å²) in [6.07, 6.45) is 5.03. The minimum atomic E-state index is -0.208. The van der Waals surface area contributed by atoms with Gasteiger partial charge in [0.1, 0.15) is 10.6 Å². The first-order valence-corrected chi connectivity index (χ1v) is 10.8. The van der Waals surface area contributed by atoms with E-state index < -0.39 is 0 Å². The zero-order valence-corrected chi connectivity index (χ0v) is 17.2. The van der Waals surface area contributed by atoms with E-state index in [1.54, 1.807) is 23.7 Å². The number of nitrogens with zero attached hydrogens (tertiary/aromatic N) is 4. The lowest BCUT2D eigenvalue weighted by Gasteiger charge is -2.32. The summed E-state index contributed by atoms with van der Waals surface area (Å²) in [5.74, 6) is 1.32. The Bertz CT molecular complexity index is 1180. The Morgan fingerprint density at radius 3 is 2.50 bits per heavy atom. The van der Waals surface area contributed by atoms with E-state index in [2.05, 4.69) is 28.1 Å². The Morgan fingerprint density at radius 1 is 1.03 bits per heavy atom. The molecule has 1 aliphatic rings. The van der Waals surface area contributed by atoms with Crippen LogP contribution in [0.4, 0.5) is 5.82 Å². The predicted octanol–water partition coefficient (Wildman–Crippen LogP) is 4.12. The third kappa shape index (κ3) is 3.52. The van der Waals surface area contributed by atoms with Crippen molar-refractivity contribution in [2.75, 3.05) is 18.0 Å². The number of hydrogen-bond acceptors (Lipinski definition) is 6. The second-order valence-electron chi connectivity index (χ2n) is 7.47. The highest BCUT2D eigenvalue weighted by Crippen LogP contribution is 2.38. The van der Waals surface area contributed by atoms with Gasteiger partial charge in [0.2, 0.25) is 5.91 Å². The van der Waals surface area contributed by atoms with Crippen LogP contribution in [0.3, 0.4) is 0 Å². The molecule has 1 aromatic carbocycles. The van der Waals surface area contributed by atoms with E-state index in [1.807, 2.05) is 30.3 Å². The number of hydrogen-bond donors (Lipinski definition) is 1. The Morgan fingerprint density at radius 2 is 1.80 bits per heavy atom. The van der Waals surface area contributed by atoms with Gasteiger partial charge >= 0.3 is 0 Å². The number of aromatic nitrogens is 3. The van der Waals surface area contributed by atoms with Crippen molar-refractivity contribution in [2.24, 2.45) is 11.7 Å². The van der Waals surface area contributed by atoms with Gasteiger partial charge in [-0.2, -0.15) is 0 Å². The van der Waals surface area contributed by atoms with Crippen LogP contribution in [0, 0.1) is 5.92 Å². The molecule has 0 aliphatic carbocycles. The van der Waals surface area contributed by atoms with Crippen LogP contribution >= 0.6 is 11.3 Å². The van der Waals surface area contributed by atoms with Gasteiger partial charge in [-0.1, -0.05) is 30.3 Å². The highest BCUT2D eigenvalue weighted by Gasteiger charge is 2.26. The molecule has 150 valence electrons. The maximum absolute atomic E-state index is 11.6. The number of nitrogens with two attached hydrogens (primary N) is 1. The smallest absolute Gasteiger partial charge is 0.220 e. The van der Waals surface area contributed by atoms with Crippen molar-refractivity contribution in [1.29, 1.82) is 0 Å². The quantitative estimate of drug-likeness (QED) is 0.542. The Kier molecular flexibility index (Phi) is 4.88. The summed E-state index contributed by atoms with van der Waals surface area (Å²) in [6, 6.07) is 16.4. The van der Waals surface area contributed by atoms with Crippen molar-refractivity contribution in [1.82, 2.24) is 15.0 Å². The Labute approximate surface area is 178 Å². The number of pyridine rings is 1. The maximum atomic E-state index is 11.6. The molecule has 4 heterocycles. The minimum Gasteiger partial charge on any atom is -0.369 e. The molecule has 0 unspecified atom stereocenters. The Hall–Kier alpha value is -3.32. The summed E-state index contributed by atoms with van der Waals surface area (Å²) in [7, 11) is 0. The molecule has 3 aromatic heterocycles. The van der Waals surface area contributed by atoms with Crippen molar-refractivity contribution in [2.45, 2.75) is 12.8 Å². The number of amides is 1. The summed E-state index contributed by atoms with van der Waals surface area (Å²) in [6.45, 7) is 1.51. The topological polar surface area (TPSA) is 85.0 Å². The molecule has 0 spiro atoms. The van der Waals surface area contributed by atoms with E-state index in [1.165, 1.54) is 5.56 Å². The summed E-state index contributed by atoms with van der Waals surface area (Å²) < 4.78 is 0. The number of anilines is 1. The molecule has 1 fully saturated rings. The highest BCUT2D eigenvalue weighted by atomic mass is 32.1. The minimum absolute atomic E-state index is 0.0567. The van der Waals surface area contributed by atoms with Gasteiger partial charge in [0, 0.05) is 41.8 Å². The summed E-state index contributed by atoms with van der Waals surface area (Å²) in [5.41, 5.74) is 7.58. The molecule has 0 bridgehead atoms. The molecule has 1 amide bonds. The van der Waals surface area contributed by atoms with Crippen molar-refractivity contribution in [3.8, 4) is 21.8 Å². The lowest BCUT2D eigenvalue weighted by molar-refractivity contribution is -0.122. The van der Waals surface area contributed by atoms with Gasteiger partial charge in [0.15, 0.2) is 5.82 Å². The molecule has 1 aliphatic heterocycles. The number of fused-ring (bicyclic) bond motifs is 1. The van der Waals surface area contributed by atoms with E-state index in [4.69, 9.17) is 15.7 Å². The molecule has 6 nitrogen and oxygen atoms in total. The molecule has 4 aromatic rings. The monoisotopic (exact) mass is 415 g/mol. The van der Waals surface area contributed by atoms with Crippen LogP contribution in [0.25, 0.3) is 32.0 Å². The molecule has 5 rings (SSSR count). The number of thiophene rings is 1. The molecule has 0 atom stereocenters. The van der Waals surface area contributed by atoms with Crippen molar-refractivity contribution >= 4 is 33.3 Å². The predicted molar refractivity (Wildman–Crippen MR) is 120 cm³/mol. The van der Waals surface area contributed by atoms with Crippen molar-refractivity contribution in [3.63, 3.8) is 0 Å². The zero-order chi connectivity index (χ0) is 20.5. The maximum Gasteiger partial charge on any atom is 0.220 e. The van der Waals surface area contributed by atoms with Gasteiger partial charge in [-0.25, -0.2) is 9.97 Å². The first kappa shape index (κ1) is 18.7. The average molecular weight is 416 g/mol. The third-order valence-electron chi connectivity index (χ3n) is 5.55. The van der Waals surface area contributed by atoms with Gasteiger partial charge in [-0.15, -0.1) is 11.3 Å². The summed E-state index contributed by atoms with van der Waals surface area (Å²) in [5, 5.41) is 1.05. The van der Waals surface area contributed by atoms with Crippen LogP contribution in [0.2, 0.25) is 0 Å². The number of benzene rings is 1. The number of carbonyl (C=O) groups is 1. The molecular weight excluding hydrogens is 394 g/mol. The molecule has 2 N–H and O–H groups in total. The average Bonchev–Trinajstić information content (AvgIpc) is 3.24. The summed E-state index contributed by atoms with van der Waals surface area (Å²) >= 11 is 1.67. The summed E-state index contributed by atoms with van der Waals surface area (Å²) in [4.78, 5) is 30.0. The second kappa shape index (κ2) is 7.84. The zero-order valence-electron chi connectivity index (χ0n) is 16.4. The van der Waals surface area contributed by atoms with E-state index >= 15 is 0 Å². The molecular formula is C23H21N5OS. The third-order valence-corrected chi connectivity index (χ3v) is 6.63. The van der Waals surface area contributed by atoms with E-state index in [0.29, 0.717) is 5.82 Å². The fraction of sp³-hybridized carbons (Fsp3) is 0.217. The largest absolute Gasteiger partial charge is 0.369 e. The van der Waals surface area contributed by atoms with Crippen LogP contribution in [-0.2, 0) is 4.79 Å². The van der Waals surface area contributed by atoms with E-state index in [-0.39, 0.29) is 11.8 Å². The molecule has 0 saturated carbocycles. The van der Waals surface area contributed by atoms with Gasteiger partial charge in [0.25, 0.3) is 0 Å². The van der Waals surface area contributed by atoms with Gasteiger partial charge in [-0.05, 0) is 36.6 Å². The lowest BCUT2D eigenvalue weighted by atomic mass is 9.96. The van der Waals surface area contributed by atoms with Crippen molar-refractivity contribution in [3.05, 3.63) is 60.9 Å². The van der Waals surface area contributed by atoms with E-state index in [0.717, 1.165) is 52.4 Å². The molecule has 30 heavy (non-hydrogen) atoms. The van der Waals surface area contributed by atoms with Crippen LogP contribution < -0.4 is 10.6 Å².